The molecule has 1 radical (unpaired) electrons. The van der Waals surface area contributed by atoms with Gasteiger partial charge in [0.1, 0.15) is 0 Å². The van der Waals surface area contributed by atoms with Crippen LogP contribution in [0.3, 0.4) is 0 Å². The fraction of sp³-hybridized carbons (Fsp3) is 0.636. The fourth-order valence-corrected chi connectivity index (χ4v) is 2.74. The van der Waals surface area contributed by atoms with Crippen LogP contribution in [0.1, 0.15) is 68.2 Å². The first-order valence-electron chi connectivity index (χ1n) is 9.03. The van der Waals surface area contributed by atoms with Crippen molar-refractivity contribution < 1.29 is 16.8 Å². The molecule has 2 aliphatic carbocycles. The van der Waals surface area contributed by atoms with E-state index in [-0.39, 0.29) is 16.8 Å². The maximum Gasteiger partial charge on any atom is 0 e. The molecule has 23 heavy (non-hydrogen) atoms. The molecule has 0 unspecified atom stereocenters. The summed E-state index contributed by atoms with van der Waals surface area (Å²) in [6.45, 7) is 18.1. The maximum absolute atomic E-state index is 2.37. The van der Waals surface area contributed by atoms with E-state index in [1.54, 1.807) is 11.1 Å². The van der Waals surface area contributed by atoms with Crippen molar-refractivity contribution in [3.05, 3.63) is 46.6 Å². The minimum absolute atomic E-state index is 0. The molecule has 0 saturated heterocycles. The molecule has 0 aromatic rings. The second-order valence-electron chi connectivity index (χ2n) is 7.87. The van der Waals surface area contributed by atoms with Crippen molar-refractivity contribution in [2.75, 3.05) is 0 Å². The van der Waals surface area contributed by atoms with Crippen molar-refractivity contribution >= 4 is 0 Å². The first-order chi connectivity index (χ1) is 10.2. The van der Waals surface area contributed by atoms with Gasteiger partial charge < -0.3 is 0 Å². The van der Waals surface area contributed by atoms with E-state index in [1.807, 2.05) is 0 Å². The van der Waals surface area contributed by atoms with Crippen LogP contribution >= 0.6 is 0 Å². The Bertz CT molecular complexity index is 436. The van der Waals surface area contributed by atoms with Crippen LogP contribution in [0.5, 0.6) is 0 Å². The predicted octanol–water partition coefficient (Wildman–Crippen LogP) is 7.11. The van der Waals surface area contributed by atoms with Crippen molar-refractivity contribution in [3.63, 3.8) is 0 Å². The smallest absolute Gasteiger partial charge is 0 e. The number of hydrogen-bond acceptors (Lipinski definition) is 0. The van der Waals surface area contributed by atoms with Crippen molar-refractivity contribution in [1.82, 2.24) is 0 Å². The SMILES string of the molecule is CC(C)C1=CCC(C(C)C)=C1.CC(C)C1=CCC(C(C)C)=C1.[Co]. The Balaban J connectivity index is 0.000000403. The average Bonchev–Trinajstić information content (AvgIpc) is 3.09. The van der Waals surface area contributed by atoms with E-state index in [9.17, 15) is 0 Å². The van der Waals surface area contributed by atoms with Crippen LogP contribution in [0.25, 0.3) is 0 Å². The van der Waals surface area contributed by atoms with Crippen molar-refractivity contribution in [3.8, 4) is 0 Å². The summed E-state index contributed by atoms with van der Waals surface area (Å²) in [7, 11) is 0. The molecule has 2 aliphatic rings. The third-order valence-electron chi connectivity index (χ3n) is 4.67. The van der Waals surface area contributed by atoms with Gasteiger partial charge in [-0.15, -0.1) is 0 Å². The molecular formula is C22H36Co. The summed E-state index contributed by atoms with van der Waals surface area (Å²) in [6.07, 6.45) is 11.8. The summed E-state index contributed by atoms with van der Waals surface area (Å²) in [6, 6.07) is 0. The van der Waals surface area contributed by atoms with E-state index in [2.05, 4.69) is 79.7 Å². The van der Waals surface area contributed by atoms with Crippen LogP contribution in [0, 0.1) is 23.7 Å². The third kappa shape index (κ3) is 7.26. The van der Waals surface area contributed by atoms with Gasteiger partial charge in [0.2, 0.25) is 0 Å². The average molecular weight is 359 g/mol. The number of rotatable bonds is 4. The van der Waals surface area contributed by atoms with Gasteiger partial charge in [0.15, 0.2) is 0 Å². The molecule has 0 N–H and O–H groups in total. The molecular weight excluding hydrogens is 323 g/mol. The molecule has 0 aromatic heterocycles. The van der Waals surface area contributed by atoms with Crippen molar-refractivity contribution in [2.45, 2.75) is 68.2 Å². The van der Waals surface area contributed by atoms with Gasteiger partial charge in [-0.1, -0.05) is 90.8 Å². The second kappa shape index (κ2) is 10.4. The molecule has 0 spiro atoms. The molecule has 0 heterocycles. The second-order valence-corrected chi connectivity index (χ2v) is 7.87. The summed E-state index contributed by atoms with van der Waals surface area (Å²) in [5, 5.41) is 0. The zero-order chi connectivity index (χ0) is 16.9. The Kier molecular flexibility index (Phi) is 10.1. The zero-order valence-corrected chi connectivity index (χ0v) is 17.4. The Morgan fingerprint density at radius 2 is 0.870 bits per heavy atom. The molecule has 0 fully saturated rings. The Morgan fingerprint density at radius 1 is 0.565 bits per heavy atom. The third-order valence-corrected chi connectivity index (χ3v) is 4.67. The normalized spacial score (nSPS) is 16.9. The van der Waals surface area contributed by atoms with E-state index in [4.69, 9.17) is 0 Å². The van der Waals surface area contributed by atoms with Crippen LogP contribution in [0.2, 0.25) is 0 Å². The Labute approximate surface area is 155 Å². The van der Waals surface area contributed by atoms with E-state index < -0.39 is 0 Å². The monoisotopic (exact) mass is 359 g/mol. The van der Waals surface area contributed by atoms with Crippen LogP contribution in [0.15, 0.2) is 46.6 Å². The van der Waals surface area contributed by atoms with E-state index in [1.165, 1.54) is 24.0 Å². The van der Waals surface area contributed by atoms with Gasteiger partial charge in [0.25, 0.3) is 0 Å². The molecule has 1 heteroatoms. The summed E-state index contributed by atoms with van der Waals surface area (Å²) >= 11 is 0. The van der Waals surface area contributed by atoms with Gasteiger partial charge in [-0.3, -0.25) is 0 Å². The first-order valence-corrected chi connectivity index (χ1v) is 9.03. The largest absolute Gasteiger partial charge is 0.0770 e. The van der Waals surface area contributed by atoms with E-state index in [0.717, 1.165) is 11.8 Å². The molecule has 0 atom stereocenters. The van der Waals surface area contributed by atoms with Gasteiger partial charge in [0, 0.05) is 16.8 Å². The molecule has 0 aliphatic heterocycles. The molecule has 133 valence electrons. The van der Waals surface area contributed by atoms with Gasteiger partial charge in [-0.05, 0) is 47.7 Å². The van der Waals surface area contributed by atoms with Gasteiger partial charge in [0.05, 0.1) is 0 Å². The molecule has 0 nitrogen and oxygen atoms in total. The van der Waals surface area contributed by atoms with Crippen molar-refractivity contribution in [1.29, 1.82) is 0 Å². The predicted molar refractivity (Wildman–Crippen MR) is 101 cm³/mol. The van der Waals surface area contributed by atoms with Crippen LogP contribution in [-0.2, 0) is 16.8 Å². The fourth-order valence-electron chi connectivity index (χ4n) is 2.74. The summed E-state index contributed by atoms with van der Waals surface area (Å²) < 4.78 is 0. The summed E-state index contributed by atoms with van der Waals surface area (Å²) in [4.78, 5) is 0. The van der Waals surface area contributed by atoms with E-state index >= 15 is 0 Å². The first kappa shape index (κ1) is 22.5. The van der Waals surface area contributed by atoms with Crippen molar-refractivity contribution in [2.24, 2.45) is 23.7 Å². The van der Waals surface area contributed by atoms with Gasteiger partial charge >= 0.3 is 0 Å². The summed E-state index contributed by atoms with van der Waals surface area (Å²) in [5.74, 6) is 2.85. The van der Waals surface area contributed by atoms with Crippen LogP contribution in [0.4, 0.5) is 0 Å². The Hall–Kier alpha value is -0.534. The molecule has 0 bridgehead atoms. The van der Waals surface area contributed by atoms with Gasteiger partial charge in [-0.25, -0.2) is 0 Å². The molecule has 0 aromatic carbocycles. The standard InChI is InChI=1S/2C11H18.Co/c2*1-8(2)10-5-6-11(7-10)9(3)4;/h2*5,7-9H,6H2,1-4H3;. The maximum atomic E-state index is 2.37. The van der Waals surface area contributed by atoms with Crippen LogP contribution in [-0.4, -0.2) is 0 Å². The quantitative estimate of drug-likeness (QED) is 0.502. The zero-order valence-electron chi connectivity index (χ0n) is 16.4. The number of hydrogen-bond donors (Lipinski definition) is 0. The minimum Gasteiger partial charge on any atom is -0.0770 e. The Morgan fingerprint density at radius 3 is 1.00 bits per heavy atom. The number of allylic oxidation sites excluding steroid dienone is 8. The summed E-state index contributed by atoms with van der Waals surface area (Å²) in [5.41, 5.74) is 6.23. The molecule has 0 saturated carbocycles. The molecule has 0 amide bonds. The minimum atomic E-state index is 0. The molecule has 2 rings (SSSR count). The van der Waals surface area contributed by atoms with Crippen LogP contribution < -0.4 is 0 Å². The van der Waals surface area contributed by atoms with E-state index in [0.29, 0.717) is 11.8 Å². The topological polar surface area (TPSA) is 0 Å². The van der Waals surface area contributed by atoms with Gasteiger partial charge in [-0.2, -0.15) is 0 Å².